The summed E-state index contributed by atoms with van der Waals surface area (Å²) in [5, 5.41) is 34.1. The summed E-state index contributed by atoms with van der Waals surface area (Å²) >= 11 is 5.87. The van der Waals surface area contributed by atoms with Crippen LogP contribution in [0.3, 0.4) is 0 Å². The van der Waals surface area contributed by atoms with Crippen LogP contribution in [0.1, 0.15) is 27.4 Å². The third kappa shape index (κ3) is 3.38. The van der Waals surface area contributed by atoms with Crippen LogP contribution in [0.25, 0.3) is 23.0 Å². The number of aromatic amines is 1. The van der Waals surface area contributed by atoms with Crippen molar-refractivity contribution in [2.45, 2.75) is 0 Å². The van der Waals surface area contributed by atoms with E-state index in [2.05, 4.69) is 10.2 Å². The van der Waals surface area contributed by atoms with Gasteiger partial charge in [0.1, 0.15) is 29.2 Å². The molecule has 0 amide bonds. The number of rotatable bonds is 4. The quantitative estimate of drug-likeness (QED) is 0.586. The minimum absolute atomic E-state index is 0.00357. The predicted molar refractivity (Wildman–Crippen MR) is 97.3 cm³/mol. The highest BCUT2D eigenvalue weighted by atomic mass is 35.5. The fraction of sp³-hybridized carbons (Fsp3) is 0. The van der Waals surface area contributed by atoms with Crippen LogP contribution in [0.15, 0.2) is 34.7 Å². The van der Waals surface area contributed by atoms with E-state index < -0.39 is 5.97 Å². The zero-order valence-electron chi connectivity index (χ0n) is 13.5. The molecule has 8 nitrogen and oxygen atoms in total. The summed E-state index contributed by atoms with van der Waals surface area (Å²) in [5.41, 5.74) is 6.42. The fourth-order valence-electron chi connectivity index (χ4n) is 2.39. The minimum atomic E-state index is -1.15. The minimum Gasteiger partial charge on any atom is -0.478 e. The number of halogens is 1. The molecule has 0 aliphatic carbocycles. The number of carbonyl (C=O) groups is 1. The largest absolute Gasteiger partial charge is 0.478 e. The van der Waals surface area contributed by atoms with Gasteiger partial charge in [0.15, 0.2) is 5.82 Å². The van der Waals surface area contributed by atoms with E-state index in [4.69, 9.17) is 32.1 Å². The number of nitrogen functional groups attached to an aromatic ring is 1. The Morgan fingerprint density at radius 3 is 2.78 bits per heavy atom. The normalized spacial score (nSPS) is 11.0. The number of carboxylic acids is 1. The van der Waals surface area contributed by atoms with E-state index in [0.29, 0.717) is 17.1 Å². The number of carboxylic acid groups (broad SMARTS) is 1. The van der Waals surface area contributed by atoms with Gasteiger partial charge in [-0.25, -0.2) is 4.79 Å². The predicted octanol–water partition coefficient (Wildman–Crippen LogP) is 3.54. The molecule has 0 aliphatic rings. The number of nitrogens with zero attached hydrogens (tertiary/aromatic N) is 3. The van der Waals surface area contributed by atoms with E-state index in [1.165, 1.54) is 18.2 Å². The van der Waals surface area contributed by atoms with Gasteiger partial charge in [-0.15, -0.1) is 0 Å². The Balaban J connectivity index is 2.00. The van der Waals surface area contributed by atoms with Gasteiger partial charge in [0, 0.05) is 11.6 Å². The zero-order valence-corrected chi connectivity index (χ0v) is 14.3. The first-order valence-electron chi connectivity index (χ1n) is 7.43. The van der Waals surface area contributed by atoms with Gasteiger partial charge in [-0.05, 0) is 30.3 Å². The lowest BCUT2D eigenvalue weighted by molar-refractivity contribution is 0.0697. The summed E-state index contributed by atoms with van der Waals surface area (Å²) in [6, 6.07) is 11.6. The van der Waals surface area contributed by atoms with Crippen molar-refractivity contribution >= 4 is 35.0 Å². The molecule has 2 heterocycles. The van der Waals surface area contributed by atoms with Crippen LogP contribution in [0, 0.1) is 22.7 Å². The maximum absolute atomic E-state index is 11.2. The Labute approximate surface area is 157 Å². The third-order valence-electron chi connectivity index (χ3n) is 3.69. The van der Waals surface area contributed by atoms with E-state index in [0.717, 1.165) is 0 Å². The molecule has 9 heteroatoms. The van der Waals surface area contributed by atoms with Crippen molar-refractivity contribution in [2.75, 3.05) is 5.73 Å². The first-order valence-corrected chi connectivity index (χ1v) is 7.81. The lowest BCUT2D eigenvalue weighted by atomic mass is 10.1. The molecule has 0 unspecified atom stereocenters. The summed E-state index contributed by atoms with van der Waals surface area (Å²) in [5.74, 6) is -0.440. The highest BCUT2D eigenvalue weighted by molar-refractivity contribution is 6.33. The molecule has 27 heavy (non-hydrogen) atoms. The summed E-state index contributed by atoms with van der Waals surface area (Å²) in [7, 11) is 0. The Hall–Kier alpha value is -4.01. The van der Waals surface area contributed by atoms with Crippen LogP contribution < -0.4 is 5.73 Å². The van der Waals surface area contributed by atoms with Crippen LogP contribution >= 0.6 is 11.6 Å². The number of aromatic nitrogens is 2. The fourth-order valence-corrected chi connectivity index (χ4v) is 2.59. The van der Waals surface area contributed by atoms with Crippen LogP contribution in [0.5, 0.6) is 0 Å². The molecular weight excluding hydrogens is 370 g/mol. The van der Waals surface area contributed by atoms with Crippen molar-refractivity contribution in [3.63, 3.8) is 0 Å². The number of hydrogen-bond acceptors (Lipinski definition) is 6. The van der Waals surface area contributed by atoms with Crippen LogP contribution in [-0.2, 0) is 0 Å². The van der Waals surface area contributed by atoms with Gasteiger partial charge in [0.2, 0.25) is 0 Å². The Kier molecular flexibility index (Phi) is 4.67. The van der Waals surface area contributed by atoms with Gasteiger partial charge in [0.05, 0.1) is 21.9 Å². The van der Waals surface area contributed by atoms with E-state index >= 15 is 0 Å². The molecule has 2 aromatic heterocycles. The van der Waals surface area contributed by atoms with Crippen LogP contribution in [0.4, 0.5) is 5.82 Å². The van der Waals surface area contributed by atoms with E-state index in [-0.39, 0.29) is 33.2 Å². The Morgan fingerprint density at radius 1 is 1.33 bits per heavy atom. The second-order valence-corrected chi connectivity index (χ2v) is 5.75. The number of allylic oxidation sites excluding steroid dienone is 1. The van der Waals surface area contributed by atoms with Gasteiger partial charge in [-0.1, -0.05) is 11.6 Å². The topological polar surface area (TPSA) is 153 Å². The molecule has 132 valence electrons. The molecular formula is C18H10ClN5O3. The van der Waals surface area contributed by atoms with Crippen molar-refractivity contribution in [1.82, 2.24) is 10.2 Å². The summed E-state index contributed by atoms with van der Waals surface area (Å²) < 4.78 is 5.67. The average molecular weight is 380 g/mol. The molecule has 0 fully saturated rings. The number of furan rings is 1. The molecule has 0 radical (unpaired) electrons. The van der Waals surface area contributed by atoms with Gasteiger partial charge in [-0.2, -0.15) is 15.6 Å². The molecule has 0 bridgehead atoms. The number of nitriles is 2. The number of anilines is 1. The van der Waals surface area contributed by atoms with Crippen molar-refractivity contribution in [3.8, 4) is 23.5 Å². The SMILES string of the molecule is N#C/C(=C\c1ccc(-c2ccc(Cl)c(C(=O)O)c2)o1)c1[nH]nc(N)c1C#N. The van der Waals surface area contributed by atoms with E-state index in [9.17, 15) is 10.1 Å². The Bertz CT molecular complexity index is 1160. The number of benzene rings is 1. The third-order valence-corrected chi connectivity index (χ3v) is 4.02. The molecule has 0 spiro atoms. The molecule has 0 saturated carbocycles. The second-order valence-electron chi connectivity index (χ2n) is 5.34. The second kappa shape index (κ2) is 7.08. The van der Waals surface area contributed by atoms with Gasteiger partial charge in [0.25, 0.3) is 0 Å². The lowest BCUT2D eigenvalue weighted by Crippen LogP contribution is -1.97. The molecule has 3 aromatic rings. The molecule has 3 rings (SSSR count). The maximum atomic E-state index is 11.2. The van der Waals surface area contributed by atoms with Crippen molar-refractivity contribution < 1.29 is 14.3 Å². The molecule has 0 saturated heterocycles. The van der Waals surface area contributed by atoms with Crippen LogP contribution in [0.2, 0.25) is 5.02 Å². The van der Waals surface area contributed by atoms with Crippen molar-refractivity contribution in [2.24, 2.45) is 0 Å². The number of H-pyrrole nitrogens is 1. The summed E-state index contributed by atoms with van der Waals surface area (Å²) in [4.78, 5) is 11.2. The highest BCUT2D eigenvalue weighted by Gasteiger charge is 2.16. The smallest absolute Gasteiger partial charge is 0.337 e. The molecule has 0 aliphatic heterocycles. The summed E-state index contributed by atoms with van der Waals surface area (Å²) in [6.45, 7) is 0. The van der Waals surface area contributed by atoms with Gasteiger partial charge >= 0.3 is 5.97 Å². The van der Waals surface area contributed by atoms with Crippen molar-refractivity contribution in [1.29, 1.82) is 10.5 Å². The van der Waals surface area contributed by atoms with Crippen molar-refractivity contribution in [3.05, 3.63) is 57.9 Å². The zero-order chi connectivity index (χ0) is 19.6. The van der Waals surface area contributed by atoms with Crippen LogP contribution in [-0.4, -0.2) is 21.3 Å². The average Bonchev–Trinajstić information content (AvgIpc) is 3.26. The lowest BCUT2D eigenvalue weighted by Gasteiger charge is -2.02. The monoisotopic (exact) mass is 379 g/mol. The standard InChI is InChI=1S/C18H10ClN5O3/c19-14-3-1-9(6-12(14)18(25)26)15-4-2-11(27-15)5-10(7-20)16-13(8-21)17(22)24-23-16/h1-6H,(H,25,26)(H3,22,23,24)/b10-5+. The maximum Gasteiger partial charge on any atom is 0.337 e. The Morgan fingerprint density at radius 2 is 2.11 bits per heavy atom. The van der Waals surface area contributed by atoms with E-state index in [1.807, 2.05) is 12.1 Å². The molecule has 1 aromatic carbocycles. The van der Waals surface area contributed by atoms with E-state index in [1.54, 1.807) is 18.2 Å². The van der Waals surface area contributed by atoms with Gasteiger partial charge < -0.3 is 15.3 Å². The first-order chi connectivity index (χ1) is 12.9. The number of hydrogen-bond donors (Lipinski definition) is 3. The number of aromatic carboxylic acids is 1. The number of nitrogens with one attached hydrogen (secondary N) is 1. The first kappa shape index (κ1) is 17.8. The van der Waals surface area contributed by atoms with Gasteiger partial charge in [-0.3, -0.25) is 5.10 Å². The molecule has 0 atom stereocenters. The number of nitrogens with two attached hydrogens (primary N) is 1. The summed E-state index contributed by atoms with van der Waals surface area (Å²) in [6.07, 6.45) is 1.42. The molecule has 4 N–H and O–H groups in total. The highest BCUT2D eigenvalue weighted by Crippen LogP contribution is 2.29.